The van der Waals surface area contributed by atoms with Crippen LogP contribution in [0.4, 0.5) is 0 Å². The van der Waals surface area contributed by atoms with Crippen molar-refractivity contribution in [1.82, 2.24) is 0 Å². The molecule has 0 unspecified atom stereocenters. The topological polar surface area (TPSA) is 0 Å². The molecule has 30 heavy (non-hydrogen) atoms. The van der Waals surface area contributed by atoms with Crippen LogP contribution in [-0.4, -0.2) is 0 Å². The van der Waals surface area contributed by atoms with E-state index in [1.165, 1.54) is 107 Å². The highest BCUT2D eigenvalue weighted by Gasteiger charge is 2.27. The molecule has 0 nitrogen and oxygen atoms in total. The van der Waals surface area contributed by atoms with Crippen molar-refractivity contribution in [3.63, 3.8) is 0 Å². The van der Waals surface area contributed by atoms with Gasteiger partial charge in [0.1, 0.15) is 0 Å². The molecule has 2 aromatic rings. The quantitative estimate of drug-likeness (QED) is 0.229. The summed E-state index contributed by atoms with van der Waals surface area (Å²) in [5.74, 6) is 0. The highest BCUT2D eigenvalue weighted by molar-refractivity contribution is 5.38. The van der Waals surface area contributed by atoms with E-state index < -0.39 is 0 Å². The Hall–Kier alpha value is -1.56. The summed E-state index contributed by atoms with van der Waals surface area (Å²) in [6, 6.07) is 22.2. The van der Waals surface area contributed by atoms with Gasteiger partial charge < -0.3 is 0 Å². The second-order valence-corrected chi connectivity index (χ2v) is 9.41. The van der Waals surface area contributed by atoms with Crippen LogP contribution in [0, 0.1) is 0 Å². The second kappa shape index (κ2) is 15.3. The molecule has 0 atom stereocenters. The Kier molecular flexibility index (Phi) is 12.6. The van der Waals surface area contributed by atoms with E-state index in [0.29, 0.717) is 0 Å². The van der Waals surface area contributed by atoms with E-state index in [4.69, 9.17) is 0 Å². The first-order chi connectivity index (χ1) is 14.8. The van der Waals surface area contributed by atoms with E-state index in [1.807, 2.05) is 0 Å². The van der Waals surface area contributed by atoms with E-state index in [0.717, 1.165) is 0 Å². The zero-order valence-corrected chi connectivity index (χ0v) is 19.9. The van der Waals surface area contributed by atoms with Crippen LogP contribution in [0.3, 0.4) is 0 Å². The van der Waals surface area contributed by atoms with Crippen LogP contribution in [0.5, 0.6) is 0 Å². The second-order valence-electron chi connectivity index (χ2n) is 9.41. The Labute approximate surface area is 187 Å². The summed E-state index contributed by atoms with van der Waals surface area (Å²) in [5.41, 5.74) is 3.02. The minimum Gasteiger partial charge on any atom is -0.0654 e. The van der Waals surface area contributed by atoms with Crippen molar-refractivity contribution >= 4 is 0 Å². The molecule has 0 amide bonds. The molecule has 0 aliphatic rings. The average molecular weight is 407 g/mol. The summed E-state index contributed by atoms with van der Waals surface area (Å²) in [7, 11) is 0. The fourth-order valence-corrected chi connectivity index (χ4v) is 4.74. The number of hydrogen-bond acceptors (Lipinski definition) is 0. The van der Waals surface area contributed by atoms with Gasteiger partial charge in [0.15, 0.2) is 0 Å². The van der Waals surface area contributed by atoms with Gasteiger partial charge in [-0.3, -0.25) is 0 Å². The molecule has 0 spiro atoms. The van der Waals surface area contributed by atoms with E-state index in [2.05, 4.69) is 74.5 Å². The molecule has 0 aromatic heterocycles. The first-order valence-corrected chi connectivity index (χ1v) is 12.9. The molecule has 0 N–H and O–H groups in total. The van der Waals surface area contributed by atoms with E-state index in [1.54, 1.807) is 0 Å². The first kappa shape index (κ1) is 24.7. The largest absolute Gasteiger partial charge is 0.0654 e. The third kappa shape index (κ3) is 9.07. The maximum absolute atomic E-state index is 2.43. The molecule has 2 rings (SSSR count). The molecular weight excluding hydrogens is 360 g/mol. The van der Waals surface area contributed by atoms with Crippen LogP contribution in [-0.2, 0) is 5.41 Å². The first-order valence-electron chi connectivity index (χ1n) is 12.9. The predicted molar refractivity (Wildman–Crippen MR) is 134 cm³/mol. The van der Waals surface area contributed by atoms with Crippen molar-refractivity contribution in [2.24, 2.45) is 0 Å². The van der Waals surface area contributed by atoms with Gasteiger partial charge in [0.2, 0.25) is 0 Å². The lowest BCUT2D eigenvalue weighted by atomic mass is 9.72. The average Bonchev–Trinajstić information content (AvgIpc) is 2.80. The maximum atomic E-state index is 2.43. The van der Waals surface area contributed by atoms with Gasteiger partial charge in [0, 0.05) is 5.41 Å². The molecule has 166 valence electrons. The third-order valence-electron chi connectivity index (χ3n) is 6.85. The van der Waals surface area contributed by atoms with Gasteiger partial charge in [-0.15, -0.1) is 0 Å². The Balaban J connectivity index is 1.59. The van der Waals surface area contributed by atoms with Gasteiger partial charge >= 0.3 is 0 Å². The molecule has 0 heteroatoms. The Bertz CT molecular complexity index is 588. The molecule has 0 aliphatic carbocycles. The normalized spacial score (nSPS) is 11.7. The van der Waals surface area contributed by atoms with Crippen molar-refractivity contribution in [2.75, 3.05) is 0 Å². The Morgan fingerprint density at radius 3 is 1.17 bits per heavy atom. The number of rotatable bonds is 17. The Morgan fingerprint density at radius 1 is 0.467 bits per heavy atom. The molecule has 0 aliphatic heterocycles. The monoisotopic (exact) mass is 406 g/mol. The fraction of sp³-hybridized carbons (Fsp3) is 0.600. The Morgan fingerprint density at radius 2 is 0.800 bits per heavy atom. The lowest BCUT2D eigenvalue weighted by Gasteiger charge is -2.31. The van der Waals surface area contributed by atoms with Gasteiger partial charge in [0.25, 0.3) is 0 Å². The summed E-state index contributed by atoms with van der Waals surface area (Å²) in [6.07, 6.45) is 21.1. The lowest BCUT2D eigenvalue weighted by molar-refractivity contribution is 0.468. The van der Waals surface area contributed by atoms with Gasteiger partial charge in [-0.1, -0.05) is 164 Å². The molecule has 0 saturated carbocycles. The standard InChI is InChI=1S/C30H46/c1-3-4-5-6-7-8-9-10-11-12-13-14-15-22-27-30(2,28-23-18-16-19-24-28)29-25-20-17-21-26-29/h16-21,23-26H,3-15,22,27H2,1-2H3. The van der Waals surface area contributed by atoms with Crippen molar-refractivity contribution in [1.29, 1.82) is 0 Å². The third-order valence-corrected chi connectivity index (χ3v) is 6.85. The van der Waals surface area contributed by atoms with E-state index in [-0.39, 0.29) is 5.41 Å². The van der Waals surface area contributed by atoms with Crippen LogP contribution in [0.15, 0.2) is 60.7 Å². The molecule has 0 bridgehead atoms. The lowest BCUT2D eigenvalue weighted by Crippen LogP contribution is -2.23. The highest BCUT2D eigenvalue weighted by atomic mass is 14.3. The number of hydrogen-bond donors (Lipinski definition) is 0. The van der Waals surface area contributed by atoms with Crippen molar-refractivity contribution in [2.45, 2.75) is 116 Å². The number of benzene rings is 2. The minimum atomic E-state index is 0.125. The predicted octanol–water partition coefficient (Wildman–Crippen LogP) is 9.86. The zero-order valence-electron chi connectivity index (χ0n) is 19.9. The molecule has 0 fully saturated rings. The van der Waals surface area contributed by atoms with Gasteiger partial charge in [-0.2, -0.15) is 0 Å². The smallest absolute Gasteiger partial charge is 0.0174 e. The van der Waals surface area contributed by atoms with Crippen molar-refractivity contribution < 1.29 is 0 Å². The van der Waals surface area contributed by atoms with Crippen molar-refractivity contribution in [3.8, 4) is 0 Å². The summed E-state index contributed by atoms with van der Waals surface area (Å²) in [6.45, 7) is 4.73. The summed E-state index contributed by atoms with van der Waals surface area (Å²) in [5, 5.41) is 0. The maximum Gasteiger partial charge on any atom is 0.0174 e. The van der Waals surface area contributed by atoms with Crippen LogP contribution in [0.25, 0.3) is 0 Å². The highest BCUT2D eigenvalue weighted by Crippen LogP contribution is 2.36. The van der Waals surface area contributed by atoms with Gasteiger partial charge in [-0.25, -0.2) is 0 Å². The van der Waals surface area contributed by atoms with Crippen LogP contribution in [0.2, 0.25) is 0 Å². The van der Waals surface area contributed by atoms with Crippen LogP contribution in [0.1, 0.15) is 121 Å². The molecule has 0 radical (unpaired) electrons. The molecule has 0 saturated heterocycles. The van der Waals surface area contributed by atoms with Crippen LogP contribution < -0.4 is 0 Å². The van der Waals surface area contributed by atoms with Gasteiger partial charge in [-0.05, 0) is 17.5 Å². The molecule has 0 heterocycles. The number of unbranched alkanes of at least 4 members (excludes halogenated alkanes) is 13. The van der Waals surface area contributed by atoms with E-state index >= 15 is 0 Å². The summed E-state index contributed by atoms with van der Waals surface area (Å²) < 4.78 is 0. The van der Waals surface area contributed by atoms with E-state index in [9.17, 15) is 0 Å². The van der Waals surface area contributed by atoms with Crippen molar-refractivity contribution in [3.05, 3.63) is 71.8 Å². The zero-order chi connectivity index (χ0) is 21.3. The molecule has 2 aromatic carbocycles. The van der Waals surface area contributed by atoms with Gasteiger partial charge in [0.05, 0.1) is 0 Å². The minimum absolute atomic E-state index is 0.125. The fourth-order valence-electron chi connectivity index (χ4n) is 4.74. The SMILES string of the molecule is CCCCCCCCCCCCCCCCC(C)(c1ccccc1)c1ccccc1. The molecular formula is C30H46. The summed E-state index contributed by atoms with van der Waals surface area (Å²) in [4.78, 5) is 0. The van der Waals surface area contributed by atoms with Crippen LogP contribution >= 0.6 is 0 Å². The summed E-state index contributed by atoms with van der Waals surface area (Å²) >= 11 is 0.